The number of hydrogen-bond donors (Lipinski definition) is 1. The predicted octanol–water partition coefficient (Wildman–Crippen LogP) is 1.54. The monoisotopic (exact) mass is 399 g/mol. The van der Waals surface area contributed by atoms with E-state index in [0.29, 0.717) is 4.47 Å². The van der Waals surface area contributed by atoms with Crippen molar-refractivity contribution in [3.05, 3.63) is 39.5 Å². The highest BCUT2D eigenvalue weighted by Crippen LogP contribution is 2.35. The topological polar surface area (TPSA) is 102 Å². The fourth-order valence-electron chi connectivity index (χ4n) is 2.28. The Balaban J connectivity index is 2.71. The number of benzene rings is 1. The van der Waals surface area contributed by atoms with Gasteiger partial charge in [0.05, 0.1) is 37.7 Å². The Labute approximate surface area is 145 Å². The van der Waals surface area contributed by atoms with Crippen molar-refractivity contribution in [1.29, 1.82) is 0 Å². The number of carbonyl (C=O) groups excluding carboxylic acids is 2. The van der Waals surface area contributed by atoms with E-state index >= 15 is 0 Å². The summed E-state index contributed by atoms with van der Waals surface area (Å²) < 4.78 is 15.2. The summed E-state index contributed by atoms with van der Waals surface area (Å²) in [4.78, 5) is 37.0. The van der Waals surface area contributed by atoms with Crippen LogP contribution in [-0.2, 0) is 23.8 Å². The molecule has 0 aliphatic carbocycles. The quantitative estimate of drug-likeness (QED) is 0.760. The highest BCUT2D eigenvalue weighted by molar-refractivity contribution is 9.10. The fraction of sp³-hybridized carbons (Fsp3) is 0.267. The lowest BCUT2D eigenvalue weighted by Crippen LogP contribution is -2.39. The number of anilines is 1. The molecule has 128 valence electrons. The normalized spacial score (nSPS) is 14.4. The molecule has 0 amide bonds. The predicted molar refractivity (Wildman–Crippen MR) is 85.5 cm³/mol. The first-order chi connectivity index (χ1) is 11.4. The minimum absolute atomic E-state index is 0.0531. The molecule has 0 bridgehead atoms. The van der Waals surface area contributed by atoms with Gasteiger partial charge in [0.1, 0.15) is 12.4 Å². The highest BCUT2D eigenvalue weighted by atomic mass is 79.9. The Morgan fingerprint density at radius 3 is 2.46 bits per heavy atom. The summed E-state index contributed by atoms with van der Waals surface area (Å²) >= 11 is 3.27. The first-order valence-electron chi connectivity index (χ1n) is 6.69. The molecule has 0 unspecified atom stereocenters. The SMILES string of the molecule is COC(=O)C1=C(C(=O)OC)N(c2c(Br)cccc2C(=O)O)COC1. The summed E-state index contributed by atoms with van der Waals surface area (Å²) in [5.74, 6) is -2.75. The number of aromatic carboxylic acids is 1. The minimum Gasteiger partial charge on any atom is -0.478 e. The maximum Gasteiger partial charge on any atom is 0.355 e. The van der Waals surface area contributed by atoms with E-state index in [0.717, 1.165) is 7.11 Å². The number of carboxylic acids is 1. The molecule has 0 aromatic heterocycles. The zero-order valence-corrected chi connectivity index (χ0v) is 14.5. The lowest BCUT2D eigenvalue weighted by Gasteiger charge is -2.32. The summed E-state index contributed by atoms with van der Waals surface area (Å²) in [6, 6.07) is 4.54. The average molecular weight is 400 g/mol. The van der Waals surface area contributed by atoms with Crippen molar-refractivity contribution in [2.75, 3.05) is 32.5 Å². The highest BCUT2D eigenvalue weighted by Gasteiger charge is 2.34. The van der Waals surface area contributed by atoms with Crippen LogP contribution in [-0.4, -0.2) is 50.6 Å². The summed E-state index contributed by atoms with van der Waals surface area (Å²) in [6.07, 6.45) is 0. The second-order valence-electron chi connectivity index (χ2n) is 4.66. The maximum absolute atomic E-state index is 12.2. The number of ether oxygens (including phenoxy) is 3. The molecule has 0 spiro atoms. The molecule has 1 heterocycles. The summed E-state index contributed by atoms with van der Waals surface area (Å²) in [6.45, 7) is -0.283. The molecule has 1 aromatic rings. The first-order valence-corrected chi connectivity index (χ1v) is 7.48. The van der Waals surface area contributed by atoms with Gasteiger partial charge in [-0.15, -0.1) is 0 Å². The molecule has 9 heteroatoms. The van der Waals surface area contributed by atoms with Gasteiger partial charge in [-0.2, -0.15) is 0 Å². The van der Waals surface area contributed by atoms with Crippen molar-refractivity contribution in [3.63, 3.8) is 0 Å². The van der Waals surface area contributed by atoms with Crippen molar-refractivity contribution in [1.82, 2.24) is 0 Å². The van der Waals surface area contributed by atoms with Crippen molar-refractivity contribution < 1.29 is 33.7 Å². The van der Waals surface area contributed by atoms with Crippen molar-refractivity contribution in [2.45, 2.75) is 0 Å². The van der Waals surface area contributed by atoms with Gasteiger partial charge in [0.2, 0.25) is 0 Å². The summed E-state index contributed by atoms with van der Waals surface area (Å²) in [5.41, 5.74) is -0.0697. The van der Waals surface area contributed by atoms with Crippen LogP contribution < -0.4 is 4.90 Å². The molecule has 1 aliphatic heterocycles. The number of carbonyl (C=O) groups is 3. The van der Waals surface area contributed by atoms with Crippen LogP contribution in [0.1, 0.15) is 10.4 Å². The molecule has 1 aliphatic rings. The third-order valence-corrected chi connectivity index (χ3v) is 3.96. The van der Waals surface area contributed by atoms with Gasteiger partial charge in [0.25, 0.3) is 0 Å². The van der Waals surface area contributed by atoms with Gasteiger partial charge < -0.3 is 24.2 Å². The fourth-order valence-corrected chi connectivity index (χ4v) is 2.86. The van der Waals surface area contributed by atoms with Crippen molar-refractivity contribution in [2.24, 2.45) is 0 Å². The molecule has 1 aromatic carbocycles. The van der Waals surface area contributed by atoms with E-state index < -0.39 is 17.9 Å². The molecule has 1 N–H and O–H groups in total. The van der Waals surface area contributed by atoms with E-state index in [1.807, 2.05) is 0 Å². The second-order valence-corrected chi connectivity index (χ2v) is 5.51. The zero-order chi connectivity index (χ0) is 17.9. The lowest BCUT2D eigenvalue weighted by molar-refractivity contribution is -0.140. The minimum atomic E-state index is -1.19. The van der Waals surface area contributed by atoms with Gasteiger partial charge in [-0.3, -0.25) is 0 Å². The van der Waals surface area contributed by atoms with Gasteiger partial charge in [-0.05, 0) is 28.1 Å². The molecule has 24 heavy (non-hydrogen) atoms. The van der Waals surface area contributed by atoms with E-state index in [1.165, 1.54) is 18.1 Å². The van der Waals surface area contributed by atoms with Gasteiger partial charge in [0, 0.05) is 4.47 Å². The first kappa shape index (κ1) is 18.0. The number of esters is 2. The molecule has 2 rings (SSSR count). The van der Waals surface area contributed by atoms with E-state index in [-0.39, 0.29) is 35.9 Å². The van der Waals surface area contributed by atoms with Crippen LogP contribution >= 0.6 is 15.9 Å². The number of nitrogens with zero attached hydrogens (tertiary/aromatic N) is 1. The standard InChI is InChI=1S/C15H14BrNO7/c1-22-14(20)9-6-24-7-17(12(9)15(21)23-2)11-8(13(18)19)4-3-5-10(11)16/h3-5H,6-7H2,1-2H3,(H,18,19). The number of halogens is 1. The van der Waals surface area contributed by atoms with Crippen LogP contribution in [0.2, 0.25) is 0 Å². The van der Waals surface area contributed by atoms with E-state index in [2.05, 4.69) is 20.7 Å². The summed E-state index contributed by atoms with van der Waals surface area (Å²) in [7, 11) is 2.33. The number of para-hydroxylation sites is 1. The molecule has 0 saturated carbocycles. The van der Waals surface area contributed by atoms with Crippen LogP contribution in [0.3, 0.4) is 0 Å². The lowest BCUT2D eigenvalue weighted by atomic mass is 10.1. The summed E-state index contributed by atoms with van der Waals surface area (Å²) in [5, 5.41) is 9.41. The van der Waals surface area contributed by atoms with Gasteiger partial charge >= 0.3 is 17.9 Å². The van der Waals surface area contributed by atoms with E-state index in [4.69, 9.17) is 9.47 Å². The van der Waals surface area contributed by atoms with Gasteiger partial charge in [-0.1, -0.05) is 6.07 Å². The Morgan fingerprint density at radius 2 is 1.88 bits per heavy atom. The van der Waals surface area contributed by atoms with Gasteiger partial charge in [-0.25, -0.2) is 14.4 Å². The zero-order valence-electron chi connectivity index (χ0n) is 12.9. The largest absolute Gasteiger partial charge is 0.478 e. The van der Waals surface area contributed by atoms with Gasteiger partial charge in [0.15, 0.2) is 0 Å². The molecule has 0 radical (unpaired) electrons. The Bertz CT molecular complexity index is 729. The van der Waals surface area contributed by atoms with Crippen molar-refractivity contribution in [3.8, 4) is 0 Å². The molecule has 8 nitrogen and oxygen atoms in total. The van der Waals surface area contributed by atoms with Crippen LogP contribution in [0.5, 0.6) is 0 Å². The Kier molecular flexibility index (Phi) is 5.58. The average Bonchev–Trinajstić information content (AvgIpc) is 2.59. The van der Waals surface area contributed by atoms with Crippen molar-refractivity contribution >= 4 is 39.5 Å². The number of methoxy groups -OCH3 is 2. The Hall–Kier alpha value is -2.39. The third kappa shape index (κ3) is 3.26. The maximum atomic E-state index is 12.2. The smallest absolute Gasteiger partial charge is 0.355 e. The molecular formula is C15H14BrNO7. The van der Waals surface area contributed by atoms with Crippen LogP contribution in [0.25, 0.3) is 0 Å². The van der Waals surface area contributed by atoms with Crippen LogP contribution in [0.4, 0.5) is 5.69 Å². The molecule has 0 fully saturated rings. The number of carboxylic acid groups (broad SMARTS) is 1. The van der Waals surface area contributed by atoms with E-state index in [9.17, 15) is 19.5 Å². The second kappa shape index (κ2) is 7.45. The molecule has 0 saturated heterocycles. The van der Waals surface area contributed by atoms with Crippen LogP contribution in [0.15, 0.2) is 33.9 Å². The molecule has 0 atom stereocenters. The number of hydrogen-bond acceptors (Lipinski definition) is 7. The molecular weight excluding hydrogens is 386 g/mol. The van der Waals surface area contributed by atoms with E-state index in [1.54, 1.807) is 12.1 Å². The Morgan fingerprint density at radius 1 is 1.21 bits per heavy atom. The third-order valence-electron chi connectivity index (χ3n) is 3.32. The van der Waals surface area contributed by atoms with Crippen LogP contribution in [0, 0.1) is 0 Å². The number of rotatable bonds is 4.